The number of para-hydroxylation sites is 1. The van der Waals surface area contributed by atoms with Gasteiger partial charge in [0.05, 0.1) is 4.92 Å². The number of aryl methyl sites for hydroxylation is 1. The first kappa shape index (κ1) is 14.8. The van der Waals surface area contributed by atoms with Gasteiger partial charge in [0, 0.05) is 25.0 Å². The highest BCUT2D eigenvalue weighted by molar-refractivity contribution is 5.76. The lowest BCUT2D eigenvalue weighted by Gasteiger charge is -2.11. The number of benzene rings is 1. The zero-order chi connectivity index (χ0) is 15.2. The largest absolute Gasteiger partial charge is 0.380 e. The zero-order valence-corrected chi connectivity index (χ0v) is 12.1. The minimum Gasteiger partial charge on any atom is -0.380 e. The zero-order valence-electron chi connectivity index (χ0n) is 12.1. The van der Waals surface area contributed by atoms with E-state index in [-0.39, 0.29) is 10.6 Å². The van der Waals surface area contributed by atoms with Crippen LogP contribution in [0.4, 0.5) is 17.1 Å². The average molecular weight is 286 g/mol. The van der Waals surface area contributed by atoms with Gasteiger partial charge in [-0.3, -0.25) is 15.1 Å². The lowest BCUT2D eigenvalue weighted by Crippen LogP contribution is -2.06. The molecule has 1 aromatic carbocycles. The number of nitrogens with one attached hydrogen (secondary N) is 2. The number of hydrogen-bond acceptors (Lipinski definition) is 5. The molecule has 0 saturated carbocycles. The van der Waals surface area contributed by atoms with Gasteiger partial charge in [0.15, 0.2) is 0 Å². The maximum atomic E-state index is 11.3. The van der Waals surface area contributed by atoms with Gasteiger partial charge in [-0.05, 0) is 37.6 Å². The van der Waals surface area contributed by atoms with Crippen LogP contribution in [0.1, 0.15) is 18.2 Å². The Morgan fingerprint density at radius 2 is 1.90 bits per heavy atom. The van der Waals surface area contributed by atoms with Gasteiger partial charge in [0.1, 0.15) is 11.4 Å². The molecule has 0 aliphatic heterocycles. The standard InChI is InChI=1S/C15H18N4O2/c1-3-16-13-5-4-6-14(15(13)19(20)21)18-10-12-8-7-11(2)17-9-12/h4-9,16,18H,3,10H2,1-2H3. The molecule has 0 amide bonds. The maximum Gasteiger partial charge on any atom is 0.315 e. The third-order valence-electron chi connectivity index (χ3n) is 3.04. The molecular formula is C15H18N4O2. The molecule has 1 aromatic heterocycles. The van der Waals surface area contributed by atoms with Crippen LogP contribution in [-0.2, 0) is 6.54 Å². The number of aromatic nitrogens is 1. The Hall–Kier alpha value is -2.63. The number of nitro groups is 1. The molecule has 0 fully saturated rings. The Balaban J connectivity index is 2.21. The van der Waals surface area contributed by atoms with Crippen molar-refractivity contribution in [2.24, 2.45) is 0 Å². The quantitative estimate of drug-likeness (QED) is 0.629. The number of hydrogen-bond donors (Lipinski definition) is 2. The summed E-state index contributed by atoms with van der Waals surface area (Å²) in [5, 5.41) is 17.4. The predicted octanol–water partition coefficient (Wildman–Crippen LogP) is 3.34. The molecule has 2 rings (SSSR count). The van der Waals surface area contributed by atoms with E-state index in [9.17, 15) is 10.1 Å². The molecule has 21 heavy (non-hydrogen) atoms. The summed E-state index contributed by atoms with van der Waals surface area (Å²) >= 11 is 0. The van der Waals surface area contributed by atoms with E-state index in [0.717, 1.165) is 11.3 Å². The molecule has 0 unspecified atom stereocenters. The fourth-order valence-corrected chi connectivity index (χ4v) is 2.02. The van der Waals surface area contributed by atoms with Crippen molar-refractivity contribution < 1.29 is 4.92 Å². The summed E-state index contributed by atoms with van der Waals surface area (Å²) < 4.78 is 0. The molecule has 0 saturated heterocycles. The van der Waals surface area contributed by atoms with Gasteiger partial charge in [-0.1, -0.05) is 12.1 Å². The number of rotatable bonds is 6. The maximum absolute atomic E-state index is 11.3. The fourth-order valence-electron chi connectivity index (χ4n) is 2.02. The van der Waals surface area contributed by atoms with Crippen molar-refractivity contribution in [2.45, 2.75) is 20.4 Å². The van der Waals surface area contributed by atoms with Crippen LogP contribution >= 0.6 is 0 Å². The van der Waals surface area contributed by atoms with Crippen molar-refractivity contribution in [1.29, 1.82) is 0 Å². The highest BCUT2D eigenvalue weighted by Gasteiger charge is 2.18. The lowest BCUT2D eigenvalue weighted by molar-refractivity contribution is -0.383. The van der Waals surface area contributed by atoms with Crippen molar-refractivity contribution in [3.8, 4) is 0 Å². The first-order valence-corrected chi connectivity index (χ1v) is 6.78. The molecule has 0 radical (unpaired) electrons. The summed E-state index contributed by atoms with van der Waals surface area (Å²) in [5.41, 5.74) is 3.01. The minimum absolute atomic E-state index is 0.0689. The van der Waals surface area contributed by atoms with Crippen molar-refractivity contribution in [2.75, 3.05) is 17.2 Å². The number of pyridine rings is 1. The van der Waals surface area contributed by atoms with Crippen LogP contribution < -0.4 is 10.6 Å². The van der Waals surface area contributed by atoms with E-state index >= 15 is 0 Å². The Morgan fingerprint density at radius 3 is 2.48 bits per heavy atom. The third kappa shape index (κ3) is 3.68. The van der Waals surface area contributed by atoms with E-state index in [1.807, 2.05) is 26.0 Å². The molecule has 0 atom stereocenters. The second-order valence-corrected chi connectivity index (χ2v) is 4.65. The Labute approximate surface area is 123 Å². The van der Waals surface area contributed by atoms with Crippen LogP contribution in [0, 0.1) is 17.0 Å². The Bertz CT molecular complexity index is 626. The minimum atomic E-state index is -0.367. The van der Waals surface area contributed by atoms with Crippen LogP contribution in [0.5, 0.6) is 0 Å². The highest BCUT2D eigenvalue weighted by atomic mass is 16.6. The van der Waals surface area contributed by atoms with E-state index in [4.69, 9.17) is 0 Å². The molecule has 2 N–H and O–H groups in total. The van der Waals surface area contributed by atoms with E-state index in [0.29, 0.717) is 24.5 Å². The summed E-state index contributed by atoms with van der Waals surface area (Å²) in [6.07, 6.45) is 1.77. The summed E-state index contributed by atoms with van der Waals surface area (Å²) in [7, 11) is 0. The van der Waals surface area contributed by atoms with Crippen molar-refractivity contribution in [1.82, 2.24) is 4.98 Å². The van der Waals surface area contributed by atoms with Gasteiger partial charge in [-0.2, -0.15) is 0 Å². The number of nitrogens with zero attached hydrogens (tertiary/aromatic N) is 2. The SMILES string of the molecule is CCNc1cccc(NCc2ccc(C)nc2)c1[N+](=O)[O-]. The van der Waals surface area contributed by atoms with Crippen LogP contribution in [0.2, 0.25) is 0 Å². The smallest absolute Gasteiger partial charge is 0.315 e. The van der Waals surface area contributed by atoms with Gasteiger partial charge < -0.3 is 10.6 Å². The van der Waals surface area contributed by atoms with E-state index in [1.54, 1.807) is 24.4 Å². The summed E-state index contributed by atoms with van der Waals surface area (Å²) in [5.74, 6) is 0. The third-order valence-corrected chi connectivity index (χ3v) is 3.04. The molecule has 2 aromatic rings. The normalized spacial score (nSPS) is 10.2. The summed E-state index contributed by atoms with van der Waals surface area (Å²) in [6, 6.07) is 9.08. The molecule has 110 valence electrons. The highest BCUT2D eigenvalue weighted by Crippen LogP contribution is 2.32. The summed E-state index contributed by atoms with van der Waals surface area (Å²) in [6.45, 7) is 4.94. The molecule has 1 heterocycles. The van der Waals surface area contributed by atoms with Crippen LogP contribution in [0.15, 0.2) is 36.5 Å². The first-order chi connectivity index (χ1) is 10.1. The van der Waals surface area contributed by atoms with Gasteiger partial charge in [-0.25, -0.2) is 0 Å². The van der Waals surface area contributed by atoms with Gasteiger partial charge >= 0.3 is 5.69 Å². The molecule has 0 spiro atoms. The van der Waals surface area contributed by atoms with Crippen molar-refractivity contribution >= 4 is 17.1 Å². The van der Waals surface area contributed by atoms with Gasteiger partial charge in [0.25, 0.3) is 0 Å². The predicted molar refractivity (Wildman–Crippen MR) is 83.6 cm³/mol. The molecule has 6 heteroatoms. The Morgan fingerprint density at radius 1 is 1.19 bits per heavy atom. The van der Waals surface area contributed by atoms with E-state index < -0.39 is 0 Å². The second-order valence-electron chi connectivity index (χ2n) is 4.65. The molecule has 6 nitrogen and oxygen atoms in total. The molecule has 0 aliphatic carbocycles. The molecule has 0 bridgehead atoms. The Kier molecular flexibility index (Phi) is 4.71. The average Bonchev–Trinajstić information content (AvgIpc) is 2.47. The monoisotopic (exact) mass is 286 g/mol. The van der Waals surface area contributed by atoms with Gasteiger partial charge in [0.2, 0.25) is 0 Å². The van der Waals surface area contributed by atoms with Gasteiger partial charge in [-0.15, -0.1) is 0 Å². The summed E-state index contributed by atoms with van der Waals surface area (Å²) in [4.78, 5) is 15.1. The van der Waals surface area contributed by atoms with E-state index in [1.165, 1.54) is 0 Å². The lowest BCUT2D eigenvalue weighted by atomic mass is 10.2. The number of anilines is 2. The molecule has 0 aliphatic rings. The molecular weight excluding hydrogens is 268 g/mol. The van der Waals surface area contributed by atoms with Crippen LogP contribution in [-0.4, -0.2) is 16.5 Å². The van der Waals surface area contributed by atoms with Crippen molar-refractivity contribution in [3.63, 3.8) is 0 Å². The number of nitro benzene ring substituents is 1. The topological polar surface area (TPSA) is 80.1 Å². The van der Waals surface area contributed by atoms with E-state index in [2.05, 4.69) is 15.6 Å². The van der Waals surface area contributed by atoms with Crippen molar-refractivity contribution in [3.05, 3.63) is 57.9 Å². The van der Waals surface area contributed by atoms with Crippen LogP contribution in [0.3, 0.4) is 0 Å². The second kappa shape index (κ2) is 6.69. The fraction of sp³-hybridized carbons (Fsp3) is 0.267. The first-order valence-electron chi connectivity index (χ1n) is 6.78. The van der Waals surface area contributed by atoms with Crippen LogP contribution in [0.25, 0.3) is 0 Å².